The lowest BCUT2D eigenvalue weighted by molar-refractivity contribution is -0.389. The van der Waals surface area contributed by atoms with Gasteiger partial charge in [-0.05, 0) is 0 Å². The summed E-state index contributed by atoms with van der Waals surface area (Å²) in [4.78, 5) is 24.5. The van der Waals surface area contributed by atoms with Crippen LogP contribution in [-0.2, 0) is 16.0 Å². The second-order valence-electron chi connectivity index (χ2n) is 3.51. The van der Waals surface area contributed by atoms with Gasteiger partial charge in [0, 0.05) is 0 Å². The predicted octanol–water partition coefficient (Wildman–Crippen LogP) is 1.61. The molecule has 0 aliphatic carbocycles. The molecule has 1 aromatic rings. The molecule has 0 unspecified atom stereocenters. The van der Waals surface area contributed by atoms with Gasteiger partial charge >= 0.3 is 18.0 Å². The average molecular weight is 310 g/mol. The quantitative estimate of drug-likeness (QED) is 0.462. The van der Waals surface area contributed by atoms with Gasteiger partial charge in [0.25, 0.3) is 5.75 Å². The minimum atomic E-state index is -5.18. The van der Waals surface area contributed by atoms with Crippen LogP contribution in [0.4, 0.5) is 18.9 Å². The first-order valence-corrected chi connectivity index (χ1v) is 5.22. The molecule has 0 saturated heterocycles. The summed E-state index contributed by atoms with van der Waals surface area (Å²) in [5.41, 5.74) is -1.65. The highest BCUT2D eigenvalue weighted by Gasteiger charge is 2.38. The monoisotopic (exact) mass is 310 g/mol. The zero-order chi connectivity index (χ0) is 16.2. The molecule has 116 valence electrons. The molecule has 0 radical (unpaired) electrons. The van der Waals surface area contributed by atoms with Crippen molar-refractivity contribution in [1.82, 2.24) is 4.98 Å². The van der Waals surface area contributed by atoms with Gasteiger partial charge in [-0.25, -0.2) is 4.98 Å². The van der Waals surface area contributed by atoms with Gasteiger partial charge in [0.1, 0.15) is 5.69 Å². The van der Waals surface area contributed by atoms with Crippen LogP contribution in [0.3, 0.4) is 0 Å². The third-order valence-electron chi connectivity index (χ3n) is 2.21. The number of halogens is 3. The van der Waals surface area contributed by atoms with Crippen molar-refractivity contribution < 1.29 is 37.1 Å². The Morgan fingerprint density at radius 2 is 2.05 bits per heavy atom. The van der Waals surface area contributed by atoms with Crippen molar-refractivity contribution in [2.45, 2.75) is 12.8 Å². The number of ether oxygens (including phenoxy) is 3. The number of hydrogen-bond donors (Lipinski definition) is 0. The van der Waals surface area contributed by atoms with E-state index in [1.165, 1.54) is 0 Å². The van der Waals surface area contributed by atoms with Gasteiger partial charge in [0.2, 0.25) is 0 Å². The van der Waals surface area contributed by atoms with Crippen LogP contribution in [0.15, 0.2) is 6.20 Å². The van der Waals surface area contributed by atoms with Crippen molar-refractivity contribution in [3.05, 3.63) is 22.0 Å². The fraction of sp³-hybridized carbons (Fsp3) is 0.400. The Bertz CT molecular complexity index is 560. The normalized spacial score (nSPS) is 10.9. The van der Waals surface area contributed by atoms with E-state index in [0.29, 0.717) is 0 Å². The van der Waals surface area contributed by atoms with E-state index in [2.05, 4.69) is 19.2 Å². The summed E-state index contributed by atoms with van der Waals surface area (Å²) in [7, 11) is 2.01. The molecule has 1 aromatic heterocycles. The van der Waals surface area contributed by atoms with E-state index in [0.717, 1.165) is 20.4 Å². The van der Waals surface area contributed by atoms with Gasteiger partial charge in [-0.2, -0.15) is 0 Å². The number of carbonyl (C=O) groups is 1. The van der Waals surface area contributed by atoms with Gasteiger partial charge in [-0.1, -0.05) is 0 Å². The van der Waals surface area contributed by atoms with Crippen LogP contribution >= 0.6 is 0 Å². The largest absolute Gasteiger partial charge is 0.573 e. The summed E-state index contributed by atoms with van der Waals surface area (Å²) in [5.74, 6) is -2.68. The van der Waals surface area contributed by atoms with Gasteiger partial charge in [0.05, 0.1) is 31.8 Å². The molecule has 21 heavy (non-hydrogen) atoms. The molecule has 1 rings (SSSR count). The van der Waals surface area contributed by atoms with E-state index in [-0.39, 0.29) is 0 Å². The summed E-state index contributed by atoms with van der Waals surface area (Å²) in [5, 5.41) is 11.0. The molecule has 0 saturated carbocycles. The topological polar surface area (TPSA) is 101 Å². The lowest BCUT2D eigenvalue weighted by Gasteiger charge is -2.13. The summed E-state index contributed by atoms with van der Waals surface area (Å²) in [6.07, 6.45) is -5.08. The van der Waals surface area contributed by atoms with Crippen LogP contribution in [0.1, 0.15) is 5.69 Å². The van der Waals surface area contributed by atoms with Crippen LogP contribution in [0, 0.1) is 10.1 Å². The maximum atomic E-state index is 12.3. The van der Waals surface area contributed by atoms with E-state index in [4.69, 9.17) is 0 Å². The molecule has 0 aromatic carbocycles. The molecular formula is C10H9F3N2O6. The van der Waals surface area contributed by atoms with Crippen molar-refractivity contribution in [2.24, 2.45) is 0 Å². The van der Waals surface area contributed by atoms with Crippen molar-refractivity contribution in [2.75, 3.05) is 14.2 Å². The molecule has 0 spiro atoms. The number of nitrogens with zero attached hydrogens (tertiary/aromatic N) is 2. The van der Waals surface area contributed by atoms with E-state index in [1.54, 1.807) is 0 Å². The molecule has 0 fully saturated rings. The summed E-state index contributed by atoms with van der Waals surface area (Å²) < 4.78 is 49.5. The number of alkyl halides is 3. The van der Waals surface area contributed by atoms with Gasteiger partial charge in [-0.15, -0.1) is 13.2 Å². The van der Waals surface area contributed by atoms with E-state index in [9.17, 15) is 28.1 Å². The Kier molecular flexibility index (Phi) is 4.89. The highest BCUT2D eigenvalue weighted by Crippen LogP contribution is 2.41. The van der Waals surface area contributed by atoms with Crippen molar-refractivity contribution in [3.8, 4) is 11.5 Å². The Labute approximate surface area is 115 Å². The zero-order valence-electron chi connectivity index (χ0n) is 10.8. The SMILES string of the molecule is COC(=O)Cc1ncc(OC)c(OC(F)(F)F)c1[N+](=O)[O-]. The number of esters is 1. The summed E-state index contributed by atoms with van der Waals surface area (Å²) >= 11 is 0. The number of carbonyl (C=O) groups excluding carboxylic acids is 1. The van der Waals surface area contributed by atoms with Crippen LogP contribution in [-0.4, -0.2) is 36.5 Å². The van der Waals surface area contributed by atoms with Gasteiger partial charge in [-0.3, -0.25) is 14.9 Å². The maximum Gasteiger partial charge on any atom is 0.573 e. The fourth-order valence-electron chi connectivity index (χ4n) is 1.39. The zero-order valence-corrected chi connectivity index (χ0v) is 10.8. The molecule has 1 heterocycles. The Morgan fingerprint density at radius 3 is 2.48 bits per heavy atom. The first-order valence-electron chi connectivity index (χ1n) is 5.22. The minimum Gasteiger partial charge on any atom is -0.491 e. The number of methoxy groups -OCH3 is 2. The second kappa shape index (κ2) is 6.24. The van der Waals surface area contributed by atoms with Crippen molar-refractivity contribution >= 4 is 11.7 Å². The highest BCUT2D eigenvalue weighted by molar-refractivity contribution is 5.74. The van der Waals surface area contributed by atoms with Crippen LogP contribution in [0.5, 0.6) is 11.5 Å². The predicted molar refractivity (Wildman–Crippen MR) is 59.8 cm³/mol. The van der Waals surface area contributed by atoms with Crippen molar-refractivity contribution in [1.29, 1.82) is 0 Å². The van der Waals surface area contributed by atoms with Crippen LogP contribution < -0.4 is 9.47 Å². The van der Waals surface area contributed by atoms with E-state index in [1.807, 2.05) is 0 Å². The van der Waals surface area contributed by atoms with E-state index >= 15 is 0 Å². The molecule has 8 nitrogen and oxygen atoms in total. The van der Waals surface area contributed by atoms with Crippen LogP contribution in [0.2, 0.25) is 0 Å². The minimum absolute atomic E-state index is 0.535. The average Bonchev–Trinajstić information content (AvgIpc) is 2.36. The van der Waals surface area contributed by atoms with Gasteiger partial charge in [0.15, 0.2) is 5.75 Å². The lowest BCUT2D eigenvalue weighted by Crippen LogP contribution is -2.20. The number of aromatic nitrogens is 1. The van der Waals surface area contributed by atoms with Gasteiger partial charge < -0.3 is 14.2 Å². The molecule has 0 bridgehead atoms. The third-order valence-corrected chi connectivity index (χ3v) is 2.21. The Hall–Kier alpha value is -2.59. The molecule has 0 amide bonds. The number of pyridine rings is 1. The smallest absolute Gasteiger partial charge is 0.491 e. The number of hydrogen-bond acceptors (Lipinski definition) is 7. The first kappa shape index (κ1) is 16.5. The number of nitro groups is 1. The molecule has 0 aliphatic heterocycles. The first-order chi connectivity index (χ1) is 9.69. The number of rotatable bonds is 5. The Balaban J connectivity index is 3.44. The molecule has 0 aliphatic rings. The molecule has 11 heteroatoms. The van der Waals surface area contributed by atoms with E-state index < -0.39 is 46.6 Å². The maximum absolute atomic E-state index is 12.3. The van der Waals surface area contributed by atoms with Crippen molar-refractivity contribution in [3.63, 3.8) is 0 Å². The third kappa shape index (κ3) is 4.19. The second-order valence-corrected chi connectivity index (χ2v) is 3.51. The standard InChI is InChI=1S/C10H9F3N2O6/c1-19-6-4-14-5(3-7(16)20-2)8(15(17)18)9(6)21-10(11,12)13/h4H,3H2,1-2H3. The lowest BCUT2D eigenvalue weighted by atomic mass is 10.2. The highest BCUT2D eigenvalue weighted by atomic mass is 19.4. The molecule has 0 N–H and O–H groups in total. The fourth-order valence-corrected chi connectivity index (χ4v) is 1.39. The molecular weight excluding hydrogens is 301 g/mol. The summed E-state index contributed by atoms with van der Waals surface area (Å²) in [6, 6.07) is 0. The molecule has 0 atom stereocenters. The Morgan fingerprint density at radius 1 is 1.43 bits per heavy atom. The summed E-state index contributed by atoms with van der Waals surface area (Å²) in [6.45, 7) is 0. The van der Waals surface area contributed by atoms with Crippen LogP contribution in [0.25, 0.3) is 0 Å².